The summed E-state index contributed by atoms with van der Waals surface area (Å²) in [5.41, 5.74) is 6.43. The van der Waals surface area contributed by atoms with E-state index in [-0.39, 0.29) is 6.61 Å². The molecule has 0 unspecified atom stereocenters. The van der Waals surface area contributed by atoms with Crippen molar-refractivity contribution in [3.8, 4) is 11.8 Å². The number of nitrogen functional groups attached to an aromatic ring is 1. The largest absolute Gasteiger partial charge is 0.486 e. The van der Waals surface area contributed by atoms with Crippen molar-refractivity contribution in [3.05, 3.63) is 47.1 Å². The molecular formula is C14H10N4OS. The zero-order chi connectivity index (χ0) is 13.9. The number of rotatable bonds is 3. The van der Waals surface area contributed by atoms with Crippen molar-refractivity contribution < 1.29 is 4.74 Å². The van der Waals surface area contributed by atoms with Crippen LogP contribution >= 0.6 is 11.3 Å². The number of nitrogens with two attached hydrogens (primary N) is 1. The number of fused-ring (bicyclic) bond motifs is 1. The van der Waals surface area contributed by atoms with Gasteiger partial charge < -0.3 is 10.5 Å². The predicted octanol–water partition coefficient (Wildman–Crippen LogP) is 2.72. The highest BCUT2D eigenvalue weighted by Gasteiger charge is 2.07. The molecular weight excluding hydrogens is 272 g/mol. The molecule has 20 heavy (non-hydrogen) atoms. The molecule has 3 aromatic rings. The third-order valence-corrected chi connectivity index (χ3v) is 3.54. The van der Waals surface area contributed by atoms with E-state index < -0.39 is 0 Å². The Morgan fingerprint density at radius 1 is 1.30 bits per heavy atom. The van der Waals surface area contributed by atoms with Gasteiger partial charge in [0.05, 0.1) is 17.0 Å². The number of aromatic nitrogens is 2. The summed E-state index contributed by atoms with van der Waals surface area (Å²) >= 11 is 1.51. The first-order valence-electron chi connectivity index (χ1n) is 5.89. The van der Waals surface area contributed by atoms with Crippen LogP contribution in [0.15, 0.2) is 35.7 Å². The van der Waals surface area contributed by atoms with Gasteiger partial charge in [-0.25, -0.2) is 9.97 Å². The lowest BCUT2D eigenvalue weighted by atomic mass is 10.2. The molecule has 98 valence electrons. The average molecular weight is 282 g/mol. The number of nitriles is 1. The van der Waals surface area contributed by atoms with Gasteiger partial charge in [0.15, 0.2) is 5.82 Å². The predicted molar refractivity (Wildman–Crippen MR) is 77.3 cm³/mol. The van der Waals surface area contributed by atoms with Gasteiger partial charge in [0.1, 0.15) is 23.0 Å². The summed E-state index contributed by atoms with van der Waals surface area (Å²) in [7, 11) is 0. The number of hydrogen-bond donors (Lipinski definition) is 1. The van der Waals surface area contributed by atoms with Crippen LogP contribution < -0.4 is 10.5 Å². The number of nitrogens with zero attached hydrogens (tertiary/aromatic N) is 3. The molecule has 0 aliphatic heterocycles. The highest BCUT2D eigenvalue weighted by Crippen LogP contribution is 2.23. The summed E-state index contributed by atoms with van der Waals surface area (Å²) in [5, 5.41) is 11.6. The minimum atomic E-state index is 0.215. The van der Waals surface area contributed by atoms with Gasteiger partial charge in [-0.1, -0.05) is 6.07 Å². The second-order valence-corrected chi connectivity index (χ2v) is 4.99. The van der Waals surface area contributed by atoms with Gasteiger partial charge in [-0.3, -0.25) is 0 Å². The summed E-state index contributed by atoms with van der Waals surface area (Å²) in [5.74, 6) is 1.60. The molecule has 3 rings (SSSR count). The molecule has 2 N–H and O–H groups in total. The second-order valence-electron chi connectivity index (χ2n) is 4.09. The average Bonchev–Trinajstić information content (AvgIpc) is 2.94. The molecule has 0 bridgehead atoms. The van der Waals surface area contributed by atoms with Gasteiger partial charge >= 0.3 is 0 Å². The first-order valence-corrected chi connectivity index (χ1v) is 6.77. The van der Waals surface area contributed by atoms with E-state index in [1.807, 2.05) is 11.4 Å². The Bertz CT molecular complexity index is 806. The third-order valence-electron chi connectivity index (χ3n) is 2.73. The normalized spacial score (nSPS) is 10.3. The Hall–Kier alpha value is -2.65. The standard InChI is InChI=1S/C14H10N4OS/c15-7-9-2-1-3-10(6-9)19-8-12-17-13(16)11-4-5-20-14(11)18-12/h1-6H,8H2,(H2,16,17,18). The van der Waals surface area contributed by atoms with Crippen LogP contribution in [0.3, 0.4) is 0 Å². The molecule has 0 aliphatic carbocycles. The van der Waals surface area contributed by atoms with Gasteiger partial charge in [0.2, 0.25) is 0 Å². The van der Waals surface area contributed by atoms with Crippen molar-refractivity contribution in [2.45, 2.75) is 6.61 Å². The van der Waals surface area contributed by atoms with Gasteiger partial charge in [-0.05, 0) is 29.6 Å². The van der Waals surface area contributed by atoms with E-state index in [0.717, 1.165) is 10.2 Å². The van der Waals surface area contributed by atoms with E-state index in [4.69, 9.17) is 15.7 Å². The fourth-order valence-corrected chi connectivity index (χ4v) is 2.58. The van der Waals surface area contributed by atoms with E-state index in [2.05, 4.69) is 16.0 Å². The summed E-state index contributed by atoms with van der Waals surface area (Å²) in [6.45, 7) is 0.215. The molecule has 0 spiro atoms. The van der Waals surface area contributed by atoms with Gasteiger partial charge in [0, 0.05) is 0 Å². The molecule has 0 saturated carbocycles. The summed E-state index contributed by atoms with van der Waals surface area (Å²) in [6.07, 6.45) is 0. The van der Waals surface area contributed by atoms with E-state index in [1.165, 1.54) is 11.3 Å². The molecule has 2 aromatic heterocycles. The topological polar surface area (TPSA) is 84.8 Å². The molecule has 0 radical (unpaired) electrons. The third kappa shape index (κ3) is 2.39. The van der Waals surface area contributed by atoms with Crippen LogP contribution in [0.2, 0.25) is 0 Å². The quantitative estimate of drug-likeness (QED) is 0.798. The number of hydrogen-bond acceptors (Lipinski definition) is 6. The van der Waals surface area contributed by atoms with Crippen molar-refractivity contribution in [2.24, 2.45) is 0 Å². The zero-order valence-electron chi connectivity index (χ0n) is 10.4. The highest BCUT2D eigenvalue weighted by atomic mass is 32.1. The first-order chi connectivity index (χ1) is 9.76. The molecule has 2 heterocycles. The van der Waals surface area contributed by atoms with E-state index in [9.17, 15) is 0 Å². The lowest BCUT2D eigenvalue weighted by Crippen LogP contribution is -2.04. The monoisotopic (exact) mass is 282 g/mol. The fraction of sp³-hybridized carbons (Fsp3) is 0.0714. The minimum Gasteiger partial charge on any atom is -0.486 e. The Morgan fingerprint density at radius 2 is 2.20 bits per heavy atom. The molecule has 0 aliphatic rings. The Morgan fingerprint density at radius 3 is 3.05 bits per heavy atom. The number of thiophene rings is 1. The van der Waals surface area contributed by atoms with Crippen molar-refractivity contribution in [2.75, 3.05) is 5.73 Å². The lowest BCUT2D eigenvalue weighted by molar-refractivity contribution is 0.296. The Balaban J connectivity index is 1.81. The minimum absolute atomic E-state index is 0.215. The van der Waals surface area contributed by atoms with Crippen molar-refractivity contribution >= 4 is 27.4 Å². The summed E-state index contributed by atoms with van der Waals surface area (Å²) < 4.78 is 5.59. The molecule has 0 saturated heterocycles. The van der Waals surface area contributed by atoms with Gasteiger partial charge in [-0.2, -0.15) is 5.26 Å². The van der Waals surface area contributed by atoms with Crippen LogP contribution in [0, 0.1) is 11.3 Å². The van der Waals surface area contributed by atoms with Crippen molar-refractivity contribution in [3.63, 3.8) is 0 Å². The SMILES string of the molecule is N#Cc1cccc(OCc2nc(N)c3ccsc3n2)c1. The maximum absolute atomic E-state index is 8.83. The molecule has 1 aromatic carbocycles. The number of benzene rings is 1. The van der Waals surface area contributed by atoms with Gasteiger partial charge in [0.25, 0.3) is 0 Å². The molecule has 0 atom stereocenters. The first kappa shape index (κ1) is 12.4. The van der Waals surface area contributed by atoms with Crippen molar-refractivity contribution in [1.82, 2.24) is 9.97 Å². The summed E-state index contributed by atoms with van der Waals surface area (Å²) in [4.78, 5) is 9.45. The number of anilines is 1. The number of ether oxygens (including phenoxy) is 1. The fourth-order valence-electron chi connectivity index (χ4n) is 1.79. The molecule has 6 heteroatoms. The van der Waals surface area contributed by atoms with Crippen LogP contribution in [0.4, 0.5) is 5.82 Å². The molecule has 0 amide bonds. The lowest BCUT2D eigenvalue weighted by Gasteiger charge is -2.06. The summed E-state index contributed by atoms with van der Waals surface area (Å²) in [6, 6.07) is 10.9. The van der Waals surface area contributed by atoms with Gasteiger partial charge in [-0.15, -0.1) is 11.3 Å². The van der Waals surface area contributed by atoms with Crippen LogP contribution in [0.5, 0.6) is 5.75 Å². The van der Waals surface area contributed by atoms with E-state index >= 15 is 0 Å². The van der Waals surface area contributed by atoms with E-state index in [1.54, 1.807) is 24.3 Å². The smallest absolute Gasteiger partial charge is 0.169 e. The highest BCUT2D eigenvalue weighted by molar-refractivity contribution is 7.16. The van der Waals surface area contributed by atoms with Crippen LogP contribution in [-0.2, 0) is 6.61 Å². The zero-order valence-corrected chi connectivity index (χ0v) is 11.2. The van der Waals surface area contributed by atoms with Crippen LogP contribution in [-0.4, -0.2) is 9.97 Å². The van der Waals surface area contributed by atoms with Crippen LogP contribution in [0.25, 0.3) is 10.2 Å². The van der Waals surface area contributed by atoms with Crippen LogP contribution in [0.1, 0.15) is 11.4 Å². The Kier molecular flexibility index (Phi) is 3.19. The maximum atomic E-state index is 8.83. The molecule has 0 fully saturated rings. The molecule has 5 nitrogen and oxygen atoms in total. The maximum Gasteiger partial charge on any atom is 0.169 e. The van der Waals surface area contributed by atoms with E-state index in [0.29, 0.717) is 23.0 Å². The second kappa shape index (κ2) is 5.15. The van der Waals surface area contributed by atoms with Crippen molar-refractivity contribution in [1.29, 1.82) is 5.26 Å². The Labute approximate surface area is 119 Å².